The Morgan fingerprint density at radius 3 is 2.30 bits per heavy atom. The molecule has 0 aliphatic carbocycles. The SMILES string of the molecule is Cc1cc(N)c(NC(=O)c2cc(O)cc(O)c2)c(Br)c1. The van der Waals surface area contributed by atoms with Gasteiger partial charge in [0.15, 0.2) is 0 Å². The summed E-state index contributed by atoms with van der Waals surface area (Å²) in [7, 11) is 0. The molecule has 2 rings (SSSR count). The largest absolute Gasteiger partial charge is 0.508 e. The maximum Gasteiger partial charge on any atom is 0.256 e. The number of benzene rings is 2. The van der Waals surface area contributed by atoms with Gasteiger partial charge in [0.1, 0.15) is 11.5 Å². The van der Waals surface area contributed by atoms with Crippen molar-refractivity contribution in [3.63, 3.8) is 0 Å². The second kappa shape index (κ2) is 5.42. The number of rotatable bonds is 2. The van der Waals surface area contributed by atoms with Crippen LogP contribution in [0, 0.1) is 6.92 Å². The van der Waals surface area contributed by atoms with Crippen molar-refractivity contribution in [1.82, 2.24) is 0 Å². The Morgan fingerprint density at radius 2 is 1.75 bits per heavy atom. The summed E-state index contributed by atoms with van der Waals surface area (Å²) in [6.07, 6.45) is 0. The van der Waals surface area contributed by atoms with Gasteiger partial charge >= 0.3 is 0 Å². The molecular formula is C14H13BrN2O3. The zero-order valence-electron chi connectivity index (χ0n) is 10.6. The molecular weight excluding hydrogens is 324 g/mol. The zero-order valence-corrected chi connectivity index (χ0v) is 12.2. The van der Waals surface area contributed by atoms with Gasteiger partial charge in [-0.1, -0.05) is 0 Å². The summed E-state index contributed by atoms with van der Waals surface area (Å²) < 4.78 is 0.660. The quantitative estimate of drug-likeness (QED) is 0.634. The van der Waals surface area contributed by atoms with E-state index in [2.05, 4.69) is 21.2 Å². The smallest absolute Gasteiger partial charge is 0.256 e. The van der Waals surface area contributed by atoms with Crippen molar-refractivity contribution in [3.8, 4) is 11.5 Å². The van der Waals surface area contributed by atoms with E-state index in [9.17, 15) is 15.0 Å². The Morgan fingerprint density at radius 1 is 1.15 bits per heavy atom. The normalized spacial score (nSPS) is 10.3. The minimum Gasteiger partial charge on any atom is -0.508 e. The average molecular weight is 337 g/mol. The highest BCUT2D eigenvalue weighted by Crippen LogP contribution is 2.31. The third kappa shape index (κ3) is 3.03. The molecule has 2 aromatic rings. The van der Waals surface area contributed by atoms with Crippen LogP contribution in [0.1, 0.15) is 15.9 Å². The number of hydrogen-bond acceptors (Lipinski definition) is 4. The number of phenols is 2. The molecule has 0 saturated carbocycles. The van der Waals surface area contributed by atoms with Crippen LogP contribution in [-0.4, -0.2) is 16.1 Å². The van der Waals surface area contributed by atoms with E-state index < -0.39 is 5.91 Å². The van der Waals surface area contributed by atoms with Gasteiger partial charge in [-0.3, -0.25) is 4.79 Å². The molecule has 0 aromatic heterocycles. The molecule has 5 N–H and O–H groups in total. The summed E-state index contributed by atoms with van der Waals surface area (Å²) in [6, 6.07) is 7.22. The average Bonchev–Trinajstić information content (AvgIpc) is 2.32. The predicted octanol–water partition coefficient (Wildman–Crippen LogP) is 3.00. The first-order valence-corrected chi connectivity index (χ1v) is 6.56. The Bertz CT molecular complexity index is 643. The molecule has 2 aromatic carbocycles. The summed E-state index contributed by atoms with van der Waals surface area (Å²) >= 11 is 3.33. The van der Waals surface area contributed by atoms with E-state index in [-0.39, 0.29) is 17.1 Å². The first-order chi connectivity index (χ1) is 9.36. The molecule has 0 aliphatic rings. The van der Waals surface area contributed by atoms with Crippen LogP contribution in [0.25, 0.3) is 0 Å². The molecule has 0 radical (unpaired) electrons. The molecule has 0 fully saturated rings. The van der Waals surface area contributed by atoms with Crippen molar-refractivity contribution >= 4 is 33.2 Å². The van der Waals surface area contributed by atoms with Gasteiger partial charge in [-0.15, -0.1) is 0 Å². The molecule has 1 amide bonds. The molecule has 104 valence electrons. The number of phenolic OH excluding ortho intramolecular Hbond substituents is 2. The van der Waals surface area contributed by atoms with Gasteiger partial charge in [0.05, 0.1) is 11.4 Å². The fourth-order valence-electron chi connectivity index (χ4n) is 1.81. The number of carbonyl (C=O) groups excluding carboxylic acids is 1. The van der Waals surface area contributed by atoms with Crippen molar-refractivity contribution in [2.45, 2.75) is 6.92 Å². The molecule has 0 spiro atoms. The number of aromatic hydroxyl groups is 2. The number of nitrogens with two attached hydrogens (primary N) is 1. The van der Waals surface area contributed by atoms with Crippen LogP contribution in [0.5, 0.6) is 11.5 Å². The third-order valence-corrected chi connectivity index (χ3v) is 3.29. The van der Waals surface area contributed by atoms with Crippen molar-refractivity contribution in [3.05, 3.63) is 45.9 Å². The van der Waals surface area contributed by atoms with E-state index in [4.69, 9.17) is 5.73 Å². The molecule has 5 nitrogen and oxygen atoms in total. The Kier molecular flexibility index (Phi) is 3.85. The highest BCUT2D eigenvalue weighted by atomic mass is 79.9. The standard InChI is InChI=1S/C14H13BrN2O3/c1-7-2-11(15)13(12(16)3-7)17-14(20)8-4-9(18)6-10(19)5-8/h2-6,18-19H,16H2,1H3,(H,17,20). The molecule has 0 unspecified atom stereocenters. The van der Waals surface area contributed by atoms with E-state index in [0.717, 1.165) is 11.6 Å². The van der Waals surface area contributed by atoms with Crippen molar-refractivity contribution < 1.29 is 15.0 Å². The molecule has 0 bridgehead atoms. The first-order valence-electron chi connectivity index (χ1n) is 5.77. The number of hydrogen-bond donors (Lipinski definition) is 4. The van der Waals surface area contributed by atoms with Crippen LogP contribution in [-0.2, 0) is 0 Å². The minimum atomic E-state index is -0.479. The number of nitrogens with one attached hydrogen (secondary N) is 1. The number of halogens is 1. The highest BCUT2D eigenvalue weighted by molar-refractivity contribution is 9.10. The molecule has 20 heavy (non-hydrogen) atoms. The first kappa shape index (κ1) is 14.2. The van der Waals surface area contributed by atoms with Crippen LogP contribution in [0.15, 0.2) is 34.8 Å². The Hall–Kier alpha value is -2.21. The Balaban J connectivity index is 2.32. The van der Waals surface area contributed by atoms with Crippen LogP contribution < -0.4 is 11.1 Å². The van der Waals surface area contributed by atoms with Gasteiger partial charge in [-0.2, -0.15) is 0 Å². The lowest BCUT2D eigenvalue weighted by molar-refractivity contribution is 0.102. The number of carbonyl (C=O) groups is 1. The maximum atomic E-state index is 12.1. The van der Waals surface area contributed by atoms with E-state index >= 15 is 0 Å². The summed E-state index contributed by atoms with van der Waals surface area (Å²) in [4.78, 5) is 12.1. The van der Waals surface area contributed by atoms with Crippen LogP contribution in [0.4, 0.5) is 11.4 Å². The second-order valence-corrected chi connectivity index (χ2v) is 5.26. The summed E-state index contributed by atoms with van der Waals surface area (Å²) in [5.74, 6) is -0.857. The summed E-state index contributed by atoms with van der Waals surface area (Å²) in [5.41, 5.74) is 7.83. The molecule has 0 atom stereocenters. The summed E-state index contributed by atoms with van der Waals surface area (Å²) in [5, 5.41) is 21.4. The van der Waals surface area contributed by atoms with Gasteiger partial charge in [0.2, 0.25) is 0 Å². The fraction of sp³-hybridized carbons (Fsp3) is 0.0714. The van der Waals surface area contributed by atoms with Crippen molar-refractivity contribution in [2.75, 3.05) is 11.1 Å². The third-order valence-electron chi connectivity index (χ3n) is 2.67. The van der Waals surface area contributed by atoms with Crippen LogP contribution >= 0.6 is 15.9 Å². The molecule has 0 aliphatic heterocycles. The summed E-state index contributed by atoms with van der Waals surface area (Å²) in [6.45, 7) is 1.89. The van der Waals surface area contributed by atoms with Gasteiger partial charge in [0.25, 0.3) is 5.91 Å². The van der Waals surface area contributed by atoms with Crippen LogP contribution in [0.2, 0.25) is 0 Å². The number of nitrogen functional groups attached to an aromatic ring is 1. The Labute approximate surface area is 124 Å². The topological polar surface area (TPSA) is 95.6 Å². The van der Waals surface area contributed by atoms with E-state index in [0.29, 0.717) is 15.8 Å². The monoisotopic (exact) mass is 336 g/mol. The van der Waals surface area contributed by atoms with E-state index in [1.54, 1.807) is 6.07 Å². The molecule has 0 saturated heterocycles. The number of aryl methyl sites for hydroxylation is 1. The highest BCUT2D eigenvalue weighted by Gasteiger charge is 2.13. The van der Waals surface area contributed by atoms with Crippen LogP contribution in [0.3, 0.4) is 0 Å². The number of amides is 1. The van der Waals surface area contributed by atoms with E-state index in [1.807, 2.05) is 13.0 Å². The lowest BCUT2D eigenvalue weighted by Gasteiger charge is -2.12. The van der Waals surface area contributed by atoms with Gasteiger partial charge in [-0.25, -0.2) is 0 Å². The van der Waals surface area contributed by atoms with E-state index in [1.165, 1.54) is 12.1 Å². The lowest BCUT2D eigenvalue weighted by atomic mass is 10.1. The predicted molar refractivity (Wildman–Crippen MR) is 81.0 cm³/mol. The van der Waals surface area contributed by atoms with Gasteiger partial charge in [-0.05, 0) is 52.7 Å². The zero-order chi connectivity index (χ0) is 14.9. The van der Waals surface area contributed by atoms with Crippen molar-refractivity contribution in [1.29, 1.82) is 0 Å². The van der Waals surface area contributed by atoms with Gasteiger partial charge in [0, 0.05) is 16.1 Å². The maximum absolute atomic E-state index is 12.1. The number of anilines is 2. The van der Waals surface area contributed by atoms with Crippen molar-refractivity contribution in [2.24, 2.45) is 0 Å². The van der Waals surface area contributed by atoms with Gasteiger partial charge < -0.3 is 21.3 Å². The fourth-order valence-corrected chi connectivity index (χ4v) is 2.50. The minimum absolute atomic E-state index is 0.134. The molecule has 6 heteroatoms. The lowest BCUT2D eigenvalue weighted by Crippen LogP contribution is -2.13. The second-order valence-electron chi connectivity index (χ2n) is 4.40. The molecule has 0 heterocycles.